The van der Waals surface area contributed by atoms with Crippen LogP contribution in [-0.4, -0.2) is 36.5 Å². The fourth-order valence-electron chi connectivity index (χ4n) is 4.26. The van der Waals surface area contributed by atoms with Gasteiger partial charge in [-0.05, 0) is 38.1 Å². The van der Waals surface area contributed by atoms with Crippen molar-refractivity contribution in [3.05, 3.63) is 34.9 Å². The Morgan fingerprint density at radius 3 is 2.07 bits per heavy atom. The minimum atomic E-state index is -0.462. The van der Waals surface area contributed by atoms with E-state index < -0.39 is 12.1 Å². The van der Waals surface area contributed by atoms with Gasteiger partial charge in [0.25, 0.3) is 5.91 Å². The molecule has 1 unspecified atom stereocenters. The lowest BCUT2D eigenvalue weighted by atomic mass is 10.0. The van der Waals surface area contributed by atoms with E-state index in [0.717, 1.165) is 18.7 Å². The molecule has 2 rings (SSSR count). The molecule has 0 radical (unpaired) electrons. The fourth-order valence-corrected chi connectivity index (χ4v) is 4.26. The van der Waals surface area contributed by atoms with Crippen LogP contribution in [0.3, 0.4) is 0 Å². The van der Waals surface area contributed by atoms with Crippen molar-refractivity contribution >= 4 is 11.9 Å². The number of imide groups is 1. The molecule has 0 aliphatic carbocycles. The van der Waals surface area contributed by atoms with Crippen LogP contribution in [0.15, 0.2) is 18.2 Å². The van der Waals surface area contributed by atoms with Crippen LogP contribution in [0, 0.1) is 6.92 Å². The Morgan fingerprint density at radius 2 is 1.47 bits per heavy atom. The summed E-state index contributed by atoms with van der Waals surface area (Å²) in [6, 6.07) is 5.63. The first-order valence-corrected chi connectivity index (χ1v) is 11.9. The van der Waals surface area contributed by atoms with Crippen molar-refractivity contribution in [3.8, 4) is 0 Å². The molecule has 1 heterocycles. The van der Waals surface area contributed by atoms with Crippen molar-refractivity contribution < 1.29 is 9.59 Å². The first-order valence-electron chi connectivity index (χ1n) is 11.9. The van der Waals surface area contributed by atoms with E-state index in [4.69, 9.17) is 0 Å². The van der Waals surface area contributed by atoms with E-state index in [1.54, 1.807) is 0 Å². The van der Waals surface area contributed by atoms with Gasteiger partial charge in [0.15, 0.2) is 0 Å². The Labute approximate surface area is 183 Å². The second kappa shape index (κ2) is 13.4. The number of carbonyl (C=O) groups is 2. The number of urea groups is 1. The summed E-state index contributed by atoms with van der Waals surface area (Å²) in [5.41, 5.74) is 3.56. The number of aryl methyl sites for hydroxylation is 1. The Morgan fingerprint density at radius 1 is 0.867 bits per heavy atom. The number of rotatable bonds is 15. The van der Waals surface area contributed by atoms with Gasteiger partial charge in [-0.1, -0.05) is 88.5 Å². The molecule has 30 heavy (non-hydrogen) atoms. The third kappa shape index (κ3) is 9.29. The number of amides is 3. The lowest BCUT2D eigenvalue weighted by molar-refractivity contribution is -0.120. The van der Waals surface area contributed by atoms with E-state index >= 15 is 0 Å². The molecule has 1 atom stereocenters. The number of benzene rings is 1. The molecule has 0 spiro atoms. The quantitative estimate of drug-likeness (QED) is 0.309. The smallest absolute Gasteiger partial charge is 0.322 e. The molecule has 0 bridgehead atoms. The van der Waals surface area contributed by atoms with Gasteiger partial charge in [-0.3, -0.25) is 10.1 Å². The molecule has 5 heteroatoms. The summed E-state index contributed by atoms with van der Waals surface area (Å²) < 4.78 is 0. The van der Waals surface area contributed by atoms with Crippen LogP contribution >= 0.6 is 0 Å². The predicted molar refractivity (Wildman–Crippen MR) is 124 cm³/mol. The van der Waals surface area contributed by atoms with E-state index in [9.17, 15) is 9.59 Å². The summed E-state index contributed by atoms with van der Waals surface area (Å²) in [6.45, 7) is 6.38. The molecule has 2 N–H and O–H groups in total. The highest BCUT2D eigenvalue weighted by molar-refractivity contribution is 6.04. The van der Waals surface area contributed by atoms with Crippen LogP contribution < -0.4 is 10.6 Å². The monoisotopic (exact) mass is 415 g/mol. The van der Waals surface area contributed by atoms with Crippen LogP contribution in [0.5, 0.6) is 0 Å². The molecule has 0 aromatic heterocycles. The van der Waals surface area contributed by atoms with E-state index in [0.29, 0.717) is 6.42 Å². The maximum absolute atomic E-state index is 11.8. The lowest BCUT2D eigenvalue weighted by Crippen LogP contribution is -2.31. The number of nitrogens with one attached hydrogen (secondary N) is 2. The van der Waals surface area contributed by atoms with Crippen molar-refractivity contribution in [2.75, 3.05) is 13.6 Å². The minimum absolute atomic E-state index is 0.235. The van der Waals surface area contributed by atoms with Gasteiger partial charge < -0.3 is 10.2 Å². The summed E-state index contributed by atoms with van der Waals surface area (Å²) in [6.07, 6.45) is 14.2. The lowest BCUT2D eigenvalue weighted by Gasteiger charge is -2.18. The molecule has 1 saturated heterocycles. The van der Waals surface area contributed by atoms with Crippen molar-refractivity contribution in [2.24, 2.45) is 0 Å². The maximum atomic E-state index is 11.8. The first kappa shape index (κ1) is 24.4. The average molecular weight is 416 g/mol. The number of nitrogens with zero attached hydrogens (tertiary/aromatic N) is 1. The van der Waals surface area contributed by atoms with Crippen LogP contribution in [0.25, 0.3) is 0 Å². The van der Waals surface area contributed by atoms with Crippen LogP contribution in [0.1, 0.15) is 87.8 Å². The molecular formula is C25H41N3O2. The van der Waals surface area contributed by atoms with E-state index in [2.05, 4.69) is 54.6 Å². The van der Waals surface area contributed by atoms with Gasteiger partial charge in [0.05, 0.1) is 0 Å². The standard InChI is InChI=1S/C25H41N3O2/c1-4-5-6-7-8-9-10-11-12-13-14-28(3)19-22-16-20(2)15-21(17-22)18-23-24(29)27-25(30)26-23/h15-17,23H,4-14,18-19H2,1-3H3,(H2,26,27,29,30). The Hall–Kier alpha value is -1.88. The zero-order chi connectivity index (χ0) is 21.8. The second-order valence-electron chi connectivity index (χ2n) is 8.97. The summed E-state index contributed by atoms with van der Waals surface area (Å²) in [5.74, 6) is -0.235. The summed E-state index contributed by atoms with van der Waals surface area (Å²) >= 11 is 0. The van der Waals surface area contributed by atoms with Crippen molar-refractivity contribution in [1.82, 2.24) is 15.5 Å². The van der Waals surface area contributed by atoms with Crippen molar-refractivity contribution in [3.63, 3.8) is 0 Å². The molecular weight excluding hydrogens is 374 g/mol. The van der Waals surface area contributed by atoms with Gasteiger partial charge in [0.1, 0.15) is 6.04 Å². The second-order valence-corrected chi connectivity index (χ2v) is 8.97. The summed E-state index contributed by atoms with van der Waals surface area (Å²) in [5, 5.41) is 4.99. The van der Waals surface area contributed by atoms with Gasteiger partial charge in [0.2, 0.25) is 0 Å². The van der Waals surface area contributed by atoms with Crippen LogP contribution in [-0.2, 0) is 17.8 Å². The molecule has 1 fully saturated rings. The van der Waals surface area contributed by atoms with Gasteiger partial charge >= 0.3 is 6.03 Å². The summed E-state index contributed by atoms with van der Waals surface area (Å²) in [7, 11) is 2.18. The maximum Gasteiger partial charge on any atom is 0.322 e. The molecule has 1 aromatic carbocycles. The first-order chi connectivity index (χ1) is 14.5. The van der Waals surface area contributed by atoms with E-state index in [1.165, 1.54) is 75.3 Å². The number of hydrogen-bond acceptors (Lipinski definition) is 3. The van der Waals surface area contributed by atoms with E-state index in [-0.39, 0.29) is 5.91 Å². The predicted octanol–water partition coefficient (Wildman–Crippen LogP) is 5.10. The van der Waals surface area contributed by atoms with Gasteiger partial charge in [-0.25, -0.2) is 4.79 Å². The third-order valence-electron chi connectivity index (χ3n) is 5.84. The number of hydrogen-bond donors (Lipinski definition) is 2. The number of carbonyl (C=O) groups excluding carboxylic acids is 2. The van der Waals surface area contributed by atoms with Gasteiger partial charge in [0, 0.05) is 13.0 Å². The highest BCUT2D eigenvalue weighted by Gasteiger charge is 2.29. The molecule has 3 amide bonds. The average Bonchev–Trinajstić information content (AvgIpc) is 2.99. The van der Waals surface area contributed by atoms with Gasteiger partial charge in [-0.2, -0.15) is 0 Å². The highest BCUT2D eigenvalue weighted by Crippen LogP contribution is 2.15. The van der Waals surface area contributed by atoms with Crippen LogP contribution in [0.2, 0.25) is 0 Å². The minimum Gasteiger partial charge on any atom is -0.326 e. The third-order valence-corrected chi connectivity index (χ3v) is 5.84. The molecule has 0 saturated carbocycles. The molecule has 1 aromatic rings. The fraction of sp³-hybridized carbons (Fsp3) is 0.680. The SMILES string of the molecule is CCCCCCCCCCCCN(C)Cc1cc(C)cc(CC2NC(=O)NC2=O)c1. The molecule has 1 aliphatic rings. The number of unbranched alkanes of at least 4 members (excludes halogenated alkanes) is 9. The summed E-state index contributed by atoms with van der Waals surface area (Å²) in [4.78, 5) is 25.5. The van der Waals surface area contributed by atoms with Crippen molar-refractivity contribution in [1.29, 1.82) is 0 Å². The van der Waals surface area contributed by atoms with Gasteiger partial charge in [-0.15, -0.1) is 0 Å². The normalized spacial score (nSPS) is 16.2. The zero-order valence-electron chi connectivity index (χ0n) is 19.3. The molecule has 168 valence electrons. The molecule has 1 aliphatic heterocycles. The van der Waals surface area contributed by atoms with Crippen molar-refractivity contribution in [2.45, 2.75) is 97.1 Å². The molecule has 5 nitrogen and oxygen atoms in total. The highest BCUT2D eigenvalue weighted by atomic mass is 16.2. The van der Waals surface area contributed by atoms with E-state index in [1.807, 2.05) is 0 Å². The Bertz CT molecular complexity index is 674. The topological polar surface area (TPSA) is 61.4 Å². The Balaban J connectivity index is 1.65. The largest absolute Gasteiger partial charge is 0.326 e. The Kier molecular flexibility index (Phi) is 10.9. The zero-order valence-corrected chi connectivity index (χ0v) is 19.3. The van der Waals surface area contributed by atoms with Crippen LogP contribution in [0.4, 0.5) is 4.79 Å².